The number of nitriles is 1. The fourth-order valence-electron chi connectivity index (χ4n) is 5.34. The van der Waals surface area contributed by atoms with Crippen LogP contribution in [0.3, 0.4) is 0 Å². The minimum Gasteiger partial charge on any atom is -0.449 e. The summed E-state index contributed by atoms with van der Waals surface area (Å²) in [4.78, 5) is 32.6. The van der Waals surface area contributed by atoms with Crippen molar-refractivity contribution in [3.63, 3.8) is 0 Å². The number of thiophene rings is 1. The lowest BCUT2D eigenvalue weighted by Gasteiger charge is -2.17. The summed E-state index contributed by atoms with van der Waals surface area (Å²) in [7, 11) is 0. The zero-order valence-electron chi connectivity index (χ0n) is 22.2. The number of amides is 1. The van der Waals surface area contributed by atoms with E-state index in [1.807, 2.05) is 48.5 Å². The molecule has 0 aliphatic heterocycles. The van der Waals surface area contributed by atoms with Crippen molar-refractivity contribution in [2.24, 2.45) is 5.92 Å². The summed E-state index contributed by atoms with van der Waals surface area (Å²) >= 11 is 1.45. The first kappa shape index (κ1) is 25.8. The first-order valence-electron chi connectivity index (χ1n) is 13.4. The number of para-hydroxylation sites is 2. The molecule has 1 N–H and O–H groups in total. The maximum atomic E-state index is 13.6. The van der Waals surface area contributed by atoms with Gasteiger partial charge in [-0.3, -0.25) is 4.79 Å². The van der Waals surface area contributed by atoms with Crippen LogP contribution in [0.2, 0.25) is 0 Å². The smallest absolute Gasteiger partial charge is 0.339 e. The number of benzene rings is 3. The van der Waals surface area contributed by atoms with Crippen LogP contribution in [0.1, 0.15) is 53.1 Å². The Labute approximate surface area is 235 Å². The highest BCUT2D eigenvalue weighted by Gasteiger charge is 2.28. The van der Waals surface area contributed by atoms with Crippen LogP contribution in [-0.4, -0.2) is 23.0 Å². The number of anilines is 1. The number of hydrogen-bond donors (Lipinski definition) is 1. The molecule has 1 aliphatic rings. The first-order valence-corrected chi connectivity index (χ1v) is 14.2. The van der Waals surface area contributed by atoms with Gasteiger partial charge < -0.3 is 14.5 Å². The van der Waals surface area contributed by atoms with Gasteiger partial charge in [0.1, 0.15) is 16.6 Å². The summed E-state index contributed by atoms with van der Waals surface area (Å²) < 4.78 is 11.8. The zero-order valence-corrected chi connectivity index (χ0v) is 23.0. The van der Waals surface area contributed by atoms with Gasteiger partial charge in [-0.05, 0) is 66.8 Å². The Kier molecular flexibility index (Phi) is 6.82. The average Bonchev–Trinajstić information content (AvgIpc) is 3.55. The number of nitrogens with one attached hydrogen (secondary N) is 1. The number of hydrogen-bond acceptors (Lipinski definition) is 7. The van der Waals surface area contributed by atoms with Gasteiger partial charge in [0, 0.05) is 15.8 Å². The van der Waals surface area contributed by atoms with E-state index < -0.39 is 18.0 Å². The number of ether oxygens (including phenoxy) is 1. The third-order valence-corrected chi connectivity index (χ3v) is 8.59. The summed E-state index contributed by atoms with van der Waals surface area (Å²) in [6.07, 6.45) is 2.02. The van der Waals surface area contributed by atoms with Crippen molar-refractivity contribution in [3.8, 4) is 17.5 Å². The maximum Gasteiger partial charge on any atom is 0.339 e. The molecule has 0 fully saturated rings. The summed E-state index contributed by atoms with van der Waals surface area (Å²) in [5.41, 5.74) is 3.92. The van der Waals surface area contributed by atoms with Gasteiger partial charge in [-0.1, -0.05) is 50.2 Å². The first-order chi connectivity index (χ1) is 19.5. The lowest BCUT2D eigenvalue weighted by molar-refractivity contribution is -0.124. The third-order valence-electron chi connectivity index (χ3n) is 7.42. The lowest BCUT2D eigenvalue weighted by Crippen LogP contribution is -2.32. The molecule has 2 atom stereocenters. The molecule has 0 saturated heterocycles. The van der Waals surface area contributed by atoms with Crippen LogP contribution >= 0.6 is 11.3 Å². The summed E-state index contributed by atoms with van der Waals surface area (Å²) in [6, 6.07) is 20.8. The Morgan fingerprint density at radius 3 is 2.75 bits per heavy atom. The normalized spacial score (nSPS) is 15.4. The number of aromatic nitrogens is 1. The summed E-state index contributed by atoms with van der Waals surface area (Å²) in [5, 5.41) is 14.7. The zero-order chi connectivity index (χ0) is 27.8. The number of oxazole rings is 1. The number of carbonyl (C=O) groups excluding carboxylic acids is 2. The molecule has 2 heterocycles. The fraction of sp³-hybridized carbons (Fsp3) is 0.250. The van der Waals surface area contributed by atoms with E-state index in [0.29, 0.717) is 44.5 Å². The van der Waals surface area contributed by atoms with Crippen molar-refractivity contribution in [3.05, 3.63) is 82.2 Å². The van der Waals surface area contributed by atoms with Crippen LogP contribution in [0, 0.1) is 17.2 Å². The quantitative estimate of drug-likeness (QED) is 0.223. The molecule has 6 rings (SSSR count). The van der Waals surface area contributed by atoms with Crippen molar-refractivity contribution >= 4 is 50.1 Å². The van der Waals surface area contributed by atoms with Crippen molar-refractivity contribution in [2.45, 2.75) is 45.6 Å². The highest BCUT2D eigenvalue weighted by molar-refractivity contribution is 7.16. The van der Waals surface area contributed by atoms with Gasteiger partial charge >= 0.3 is 5.97 Å². The van der Waals surface area contributed by atoms with Gasteiger partial charge in [0.2, 0.25) is 5.89 Å². The number of fused-ring (bicyclic) bond motifs is 3. The topological polar surface area (TPSA) is 105 Å². The van der Waals surface area contributed by atoms with Crippen molar-refractivity contribution < 1.29 is 18.7 Å². The Balaban J connectivity index is 1.29. The van der Waals surface area contributed by atoms with E-state index in [4.69, 9.17) is 9.15 Å². The second kappa shape index (κ2) is 10.6. The number of nitrogens with zero attached hydrogens (tertiary/aromatic N) is 2. The molecule has 2 aromatic heterocycles. The average molecular weight is 550 g/mol. The Hall–Kier alpha value is -4.48. The Bertz CT molecular complexity index is 1770. The second-order valence-electron chi connectivity index (χ2n) is 10.2. The molecule has 40 heavy (non-hydrogen) atoms. The van der Waals surface area contributed by atoms with Crippen LogP contribution in [0.15, 0.2) is 65.1 Å². The third kappa shape index (κ3) is 4.63. The predicted octanol–water partition coefficient (Wildman–Crippen LogP) is 7.28. The van der Waals surface area contributed by atoms with Crippen molar-refractivity contribution in [1.29, 1.82) is 5.26 Å². The van der Waals surface area contributed by atoms with E-state index in [2.05, 4.69) is 23.3 Å². The van der Waals surface area contributed by atoms with Gasteiger partial charge in [0.25, 0.3) is 5.91 Å². The lowest BCUT2D eigenvalue weighted by atomic mass is 9.88. The minimum absolute atomic E-state index is 0.282. The van der Waals surface area contributed by atoms with Crippen molar-refractivity contribution in [1.82, 2.24) is 4.98 Å². The maximum absolute atomic E-state index is 13.6. The predicted molar refractivity (Wildman–Crippen MR) is 155 cm³/mol. The van der Waals surface area contributed by atoms with E-state index in [0.717, 1.165) is 40.6 Å². The van der Waals surface area contributed by atoms with Crippen molar-refractivity contribution in [2.75, 3.05) is 5.32 Å². The van der Waals surface area contributed by atoms with E-state index in [9.17, 15) is 14.9 Å². The largest absolute Gasteiger partial charge is 0.449 e. The van der Waals surface area contributed by atoms with E-state index >= 15 is 0 Å². The van der Waals surface area contributed by atoms with Crippen LogP contribution in [0.4, 0.5) is 5.00 Å². The molecule has 200 valence electrons. The molecule has 7 nitrogen and oxygen atoms in total. The monoisotopic (exact) mass is 549 g/mol. The number of rotatable bonds is 6. The van der Waals surface area contributed by atoms with Gasteiger partial charge in [0.15, 0.2) is 11.7 Å². The van der Waals surface area contributed by atoms with E-state index in [1.165, 1.54) is 11.3 Å². The highest BCUT2D eigenvalue weighted by Crippen LogP contribution is 2.39. The van der Waals surface area contributed by atoms with Gasteiger partial charge in [-0.15, -0.1) is 11.3 Å². The molecule has 1 amide bonds. The van der Waals surface area contributed by atoms with Crippen LogP contribution < -0.4 is 5.32 Å². The molecule has 5 aromatic rings. The molecule has 2 unspecified atom stereocenters. The molecule has 8 heteroatoms. The molecule has 0 radical (unpaired) electrons. The molecule has 0 saturated carbocycles. The van der Waals surface area contributed by atoms with E-state index in [-0.39, 0.29) is 6.42 Å². The fourth-order valence-corrected chi connectivity index (χ4v) is 6.71. The molecule has 0 bridgehead atoms. The number of carbonyl (C=O) groups is 2. The molecule has 0 spiro atoms. The number of esters is 1. The van der Waals surface area contributed by atoms with Crippen LogP contribution in [0.25, 0.3) is 33.3 Å². The highest BCUT2D eigenvalue weighted by atomic mass is 32.1. The minimum atomic E-state index is -1.02. The second-order valence-corrected chi connectivity index (χ2v) is 11.3. The molecular formula is C32H27N3O4S. The standard InChI is InChI=1S/C32H27N3O4S/c1-3-25(29(36)35-31-23(17-33)20-15-14-18(2)16-27(20)40-31)39-32(37)22-11-7-9-19-8-6-10-21(28(19)22)30-34-24-12-4-5-13-26(24)38-30/h4-13,18,25H,3,14-16H2,1-2H3,(H,35,36). The SMILES string of the molecule is CCC(OC(=O)c1cccc2cccc(-c3nc4ccccc4o3)c12)C(=O)Nc1sc2c(c1C#N)CCC(C)C2. The Morgan fingerprint density at radius 2 is 1.98 bits per heavy atom. The summed E-state index contributed by atoms with van der Waals surface area (Å²) in [5.74, 6) is -0.114. The van der Waals surface area contributed by atoms with Gasteiger partial charge in [0.05, 0.1) is 11.1 Å². The molecule has 1 aliphatic carbocycles. The summed E-state index contributed by atoms with van der Waals surface area (Å²) in [6.45, 7) is 3.99. The van der Waals surface area contributed by atoms with Crippen LogP contribution in [-0.2, 0) is 22.4 Å². The Morgan fingerprint density at radius 1 is 1.18 bits per heavy atom. The van der Waals surface area contributed by atoms with Gasteiger partial charge in [-0.2, -0.15) is 5.26 Å². The van der Waals surface area contributed by atoms with Crippen LogP contribution in [0.5, 0.6) is 0 Å². The van der Waals surface area contributed by atoms with E-state index in [1.54, 1.807) is 19.1 Å². The molecule has 3 aromatic carbocycles. The molecular weight excluding hydrogens is 522 g/mol. The van der Waals surface area contributed by atoms with Gasteiger partial charge in [-0.25, -0.2) is 9.78 Å².